The Kier molecular flexibility index (Phi) is 3.94. The molecule has 0 atom stereocenters. The fraction of sp³-hybridized carbons (Fsp3) is 0.571. The molecule has 0 bridgehead atoms. The highest BCUT2D eigenvalue weighted by atomic mass is 15.1. The van der Waals surface area contributed by atoms with Crippen molar-refractivity contribution < 1.29 is 0 Å². The van der Waals surface area contributed by atoms with E-state index in [9.17, 15) is 0 Å². The van der Waals surface area contributed by atoms with Crippen LogP contribution >= 0.6 is 0 Å². The largest absolute Gasteiger partial charge is 0.397 e. The molecular formula is C14H23N5. The van der Waals surface area contributed by atoms with Crippen molar-refractivity contribution in [3.8, 4) is 6.07 Å². The van der Waals surface area contributed by atoms with Gasteiger partial charge in [-0.1, -0.05) is 20.8 Å². The van der Waals surface area contributed by atoms with Crippen LogP contribution in [0.2, 0.25) is 0 Å². The van der Waals surface area contributed by atoms with Crippen molar-refractivity contribution in [2.45, 2.75) is 46.6 Å². The highest BCUT2D eigenvalue weighted by Gasteiger charge is 2.27. The van der Waals surface area contributed by atoms with Crippen LogP contribution in [-0.4, -0.2) is 10.5 Å². The molecule has 0 aliphatic heterocycles. The maximum absolute atomic E-state index is 9.17. The van der Waals surface area contributed by atoms with Crippen molar-refractivity contribution >= 4 is 17.3 Å². The Morgan fingerprint density at radius 3 is 2.32 bits per heavy atom. The number of pyridine rings is 1. The van der Waals surface area contributed by atoms with Gasteiger partial charge in [0.15, 0.2) is 0 Å². The maximum atomic E-state index is 9.17. The number of hydrogen-bond donors (Lipinski definition) is 3. The lowest BCUT2D eigenvalue weighted by Gasteiger charge is -2.34. The third kappa shape index (κ3) is 4.32. The highest BCUT2D eigenvalue weighted by molar-refractivity contribution is 5.69. The van der Waals surface area contributed by atoms with Crippen LogP contribution in [0.1, 0.15) is 46.6 Å². The van der Waals surface area contributed by atoms with E-state index >= 15 is 0 Å². The van der Waals surface area contributed by atoms with Crippen LogP contribution in [0.3, 0.4) is 0 Å². The van der Waals surface area contributed by atoms with Gasteiger partial charge in [0.05, 0.1) is 5.69 Å². The lowest BCUT2D eigenvalue weighted by atomic mass is 9.82. The Morgan fingerprint density at radius 1 is 1.26 bits per heavy atom. The van der Waals surface area contributed by atoms with Crippen LogP contribution in [0, 0.1) is 16.7 Å². The quantitative estimate of drug-likeness (QED) is 0.776. The smallest absolute Gasteiger partial charge is 0.148 e. The van der Waals surface area contributed by atoms with E-state index < -0.39 is 0 Å². The minimum Gasteiger partial charge on any atom is -0.397 e. The summed E-state index contributed by atoms with van der Waals surface area (Å²) in [6, 6.07) is 3.57. The van der Waals surface area contributed by atoms with Crippen molar-refractivity contribution in [2.75, 3.05) is 16.8 Å². The van der Waals surface area contributed by atoms with Crippen LogP contribution in [0.5, 0.6) is 0 Å². The molecule has 0 amide bonds. The number of nitrogens with two attached hydrogens (primary N) is 2. The molecule has 0 unspecified atom stereocenters. The van der Waals surface area contributed by atoms with Gasteiger partial charge in [-0.05, 0) is 25.7 Å². The average Bonchev–Trinajstić information content (AvgIpc) is 2.11. The molecule has 1 aromatic heterocycles. The molecule has 5 nitrogen and oxygen atoms in total. The van der Waals surface area contributed by atoms with Crippen molar-refractivity contribution in [1.29, 1.82) is 5.26 Å². The fourth-order valence-corrected chi connectivity index (χ4v) is 2.48. The minimum atomic E-state index is -0.211. The standard InChI is InChI=1S/C14H23N5/c1-13(2,3)8-14(4,5)19-12-9(7-15)10(16)6-11(17)18-12/h6H,8H2,1-5H3,(H5,16,17,18,19). The van der Waals surface area contributed by atoms with Crippen LogP contribution in [-0.2, 0) is 0 Å². The third-order valence-electron chi connectivity index (χ3n) is 2.61. The van der Waals surface area contributed by atoms with E-state index in [1.54, 1.807) is 0 Å². The molecule has 0 fully saturated rings. The fourth-order valence-electron chi connectivity index (χ4n) is 2.48. The van der Waals surface area contributed by atoms with Gasteiger partial charge in [-0.2, -0.15) is 5.26 Å². The van der Waals surface area contributed by atoms with Gasteiger partial charge >= 0.3 is 0 Å². The van der Waals surface area contributed by atoms with Crippen molar-refractivity contribution in [2.24, 2.45) is 5.41 Å². The second kappa shape index (κ2) is 4.96. The van der Waals surface area contributed by atoms with Crippen LogP contribution in [0.25, 0.3) is 0 Å². The summed E-state index contributed by atoms with van der Waals surface area (Å²) in [6.07, 6.45) is 0.918. The summed E-state index contributed by atoms with van der Waals surface area (Å²) >= 11 is 0. The number of anilines is 3. The normalized spacial score (nSPS) is 12.0. The molecule has 0 radical (unpaired) electrons. The maximum Gasteiger partial charge on any atom is 0.148 e. The molecule has 5 heteroatoms. The van der Waals surface area contributed by atoms with Gasteiger partial charge in [0.2, 0.25) is 0 Å². The summed E-state index contributed by atoms with van der Waals surface area (Å²) in [5.41, 5.74) is 12.1. The van der Waals surface area contributed by atoms with Gasteiger partial charge in [-0.15, -0.1) is 0 Å². The molecule has 0 aliphatic carbocycles. The first-order valence-electron chi connectivity index (χ1n) is 6.28. The van der Waals surface area contributed by atoms with Crippen LogP contribution < -0.4 is 16.8 Å². The first kappa shape index (κ1) is 15.1. The Balaban J connectivity index is 3.09. The number of hydrogen-bond acceptors (Lipinski definition) is 5. The molecule has 0 spiro atoms. The van der Waals surface area contributed by atoms with Gasteiger partial charge in [0, 0.05) is 11.6 Å². The van der Waals surface area contributed by atoms with Crippen molar-refractivity contribution in [1.82, 2.24) is 4.98 Å². The van der Waals surface area contributed by atoms with E-state index in [1.807, 2.05) is 0 Å². The number of rotatable bonds is 3. The van der Waals surface area contributed by atoms with E-state index in [4.69, 9.17) is 16.7 Å². The molecule has 1 rings (SSSR count). The van der Waals surface area contributed by atoms with Crippen molar-refractivity contribution in [3.05, 3.63) is 11.6 Å². The molecule has 0 saturated carbocycles. The molecule has 5 N–H and O–H groups in total. The molecule has 0 saturated heterocycles. The molecule has 1 heterocycles. The minimum absolute atomic E-state index is 0.162. The van der Waals surface area contributed by atoms with Gasteiger partial charge in [-0.3, -0.25) is 0 Å². The Hall–Kier alpha value is -1.96. The molecular weight excluding hydrogens is 238 g/mol. The first-order chi connectivity index (χ1) is 8.54. The van der Waals surface area contributed by atoms with E-state index in [0.717, 1.165) is 6.42 Å². The van der Waals surface area contributed by atoms with Gasteiger partial charge in [0.1, 0.15) is 23.3 Å². The monoisotopic (exact) mass is 261 g/mol. The average molecular weight is 261 g/mol. The zero-order valence-corrected chi connectivity index (χ0v) is 12.3. The van der Waals surface area contributed by atoms with Gasteiger partial charge < -0.3 is 16.8 Å². The van der Waals surface area contributed by atoms with Gasteiger partial charge in [0.25, 0.3) is 0 Å². The second-order valence-corrected chi connectivity index (χ2v) is 6.72. The highest BCUT2D eigenvalue weighted by Crippen LogP contribution is 2.31. The third-order valence-corrected chi connectivity index (χ3v) is 2.61. The number of nitriles is 1. The van der Waals surface area contributed by atoms with E-state index in [0.29, 0.717) is 22.9 Å². The number of nitrogen functional groups attached to an aromatic ring is 2. The molecule has 0 aliphatic rings. The first-order valence-corrected chi connectivity index (χ1v) is 6.28. The molecule has 0 aromatic carbocycles. The molecule has 1 aromatic rings. The Morgan fingerprint density at radius 2 is 1.84 bits per heavy atom. The predicted molar refractivity (Wildman–Crippen MR) is 79.6 cm³/mol. The van der Waals surface area contributed by atoms with Crippen molar-refractivity contribution in [3.63, 3.8) is 0 Å². The van der Waals surface area contributed by atoms with E-state index in [2.05, 4.69) is 51.0 Å². The van der Waals surface area contributed by atoms with Gasteiger partial charge in [-0.25, -0.2) is 4.98 Å². The van der Waals surface area contributed by atoms with E-state index in [-0.39, 0.29) is 11.0 Å². The number of aromatic nitrogens is 1. The molecule has 104 valence electrons. The summed E-state index contributed by atoms with van der Waals surface area (Å²) in [5.74, 6) is 0.764. The number of nitrogens with zero attached hydrogens (tertiary/aromatic N) is 2. The predicted octanol–water partition coefficient (Wildman–Crippen LogP) is 2.74. The summed E-state index contributed by atoms with van der Waals surface area (Å²) in [5, 5.41) is 12.5. The topological polar surface area (TPSA) is 101 Å². The van der Waals surface area contributed by atoms with E-state index in [1.165, 1.54) is 6.07 Å². The zero-order valence-electron chi connectivity index (χ0n) is 12.3. The Bertz CT molecular complexity index is 506. The summed E-state index contributed by atoms with van der Waals surface area (Å²) < 4.78 is 0. The number of nitrogens with one attached hydrogen (secondary N) is 1. The Labute approximate surface area is 115 Å². The van der Waals surface area contributed by atoms with Crippen LogP contribution in [0.4, 0.5) is 17.3 Å². The summed E-state index contributed by atoms with van der Waals surface area (Å²) in [7, 11) is 0. The zero-order chi connectivity index (χ0) is 14.8. The summed E-state index contributed by atoms with van der Waals surface area (Å²) in [4.78, 5) is 4.18. The SMILES string of the molecule is CC(C)(C)CC(C)(C)Nc1nc(N)cc(N)c1C#N. The lowest BCUT2D eigenvalue weighted by molar-refractivity contribution is 0.302. The molecule has 19 heavy (non-hydrogen) atoms. The second-order valence-electron chi connectivity index (χ2n) is 6.72. The van der Waals surface area contributed by atoms with Crippen LogP contribution in [0.15, 0.2) is 6.07 Å². The lowest BCUT2D eigenvalue weighted by Crippen LogP contribution is -2.36. The summed E-state index contributed by atoms with van der Waals surface area (Å²) in [6.45, 7) is 10.6.